The van der Waals surface area contributed by atoms with Gasteiger partial charge >= 0.3 is 0 Å². The third-order valence-corrected chi connectivity index (χ3v) is 3.98. The highest BCUT2D eigenvalue weighted by molar-refractivity contribution is 6.30. The maximum absolute atomic E-state index is 12.3. The van der Waals surface area contributed by atoms with Crippen LogP contribution in [0.4, 0.5) is 0 Å². The molecule has 0 unspecified atom stereocenters. The van der Waals surface area contributed by atoms with Gasteiger partial charge in [0.15, 0.2) is 11.2 Å². The van der Waals surface area contributed by atoms with Crippen molar-refractivity contribution in [3.8, 4) is 5.75 Å². The minimum Gasteiger partial charge on any atom is -0.497 e. The van der Waals surface area contributed by atoms with Gasteiger partial charge in [-0.05, 0) is 36.2 Å². The maximum atomic E-state index is 12.3. The molecular weight excluding hydrogens is 342 g/mol. The Hall–Kier alpha value is -2.79. The molecule has 3 rings (SSSR count). The number of carbonyl (C=O) groups excluding carboxylic acids is 1. The smallest absolute Gasteiger partial charge is 0.287 e. The van der Waals surface area contributed by atoms with E-state index in [4.69, 9.17) is 20.8 Å². The second kappa shape index (κ2) is 7.40. The second-order valence-corrected chi connectivity index (χ2v) is 5.91. The third kappa shape index (κ3) is 4.00. The summed E-state index contributed by atoms with van der Waals surface area (Å²) in [5.74, 6) is 0.0786. The fourth-order valence-electron chi connectivity index (χ4n) is 2.47. The fourth-order valence-corrected chi connectivity index (χ4v) is 2.69. The Morgan fingerprint density at radius 3 is 2.80 bits per heavy atom. The van der Waals surface area contributed by atoms with E-state index in [9.17, 15) is 9.59 Å². The second-order valence-electron chi connectivity index (χ2n) is 5.47. The molecule has 0 aliphatic heterocycles. The molecule has 2 aromatic carbocycles. The molecule has 0 saturated heterocycles. The third-order valence-electron chi connectivity index (χ3n) is 3.75. The zero-order chi connectivity index (χ0) is 17.8. The molecule has 6 heteroatoms. The van der Waals surface area contributed by atoms with Gasteiger partial charge in [0.2, 0.25) is 0 Å². The normalized spacial score (nSPS) is 10.6. The molecule has 1 heterocycles. The monoisotopic (exact) mass is 357 g/mol. The van der Waals surface area contributed by atoms with Gasteiger partial charge in [0, 0.05) is 23.7 Å². The number of rotatable bonds is 5. The van der Waals surface area contributed by atoms with Gasteiger partial charge in [-0.1, -0.05) is 23.7 Å². The number of carbonyl (C=O) groups is 1. The lowest BCUT2D eigenvalue weighted by Gasteiger charge is -2.07. The highest BCUT2D eigenvalue weighted by Crippen LogP contribution is 2.19. The van der Waals surface area contributed by atoms with Crippen molar-refractivity contribution in [1.29, 1.82) is 0 Å². The Morgan fingerprint density at radius 1 is 1.20 bits per heavy atom. The Labute approximate surface area is 149 Å². The Balaban J connectivity index is 1.74. The van der Waals surface area contributed by atoms with E-state index >= 15 is 0 Å². The summed E-state index contributed by atoms with van der Waals surface area (Å²) >= 11 is 5.93. The summed E-state index contributed by atoms with van der Waals surface area (Å²) in [7, 11) is 1.52. The van der Waals surface area contributed by atoms with E-state index in [0.29, 0.717) is 34.7 Å². The number of benzene rings is 2. The van der Waals surface area contributed by atoms with E-state index in [0.717, 1.165) is 5.56 Å². The van der Waals surface area contributed by atoms with Crippen molar-refractivity contribution in [1.82, 2.24) is 5.32 Å². The molecular formula is C19H16ClNO4. The number of fused-ring (bicyclic) bond motifs is 1. The zero-order valence-electron chi connectivity index (χ0n) is 13.5. The highest BCUT2D eigenvalue weighted by Gasteiger charge is 2.12. The molecule has 0 fully saturated rings. The van der Waals surface area contributed by atoms with Crippen molar-refractivity contribution < 1.29 is 13.9 Å². The summed E-state index contributed by atoms with van der Waals surface area (Å²) < 4.78 is 10.7. The molecule has 0 atom stereocenters. The van der Waals surface area contributed by atoms with E-state index < -0.39 is 5.91 Å². The first-order valence-electron chi connectivity index (χ1n) is 7.71. The van der Waals surface area contributed by atoms with Crippen LogP contribution in [0.1, 0.15) is 16.1 Å². The molecule has 1 amide bonds. The predicted octanol–water partition coefficient (Wildman–Crippen LogP) is 3.43. The van der Waals surface area contributed by atoms with Crippen LogP contribution in [0, 0.1) is 0 Å². The number of ether oxygens (including phenoxy) is 1. The lowest BCUT2D eigenvalue weighted by atomic mass is 10.1. The number of amides is 1. The topological polar surface area (TPSA) is 68.5 Å². The molecule has 0 aliphatic rings. The molecule has 1 aromatic heterocycles. The minimum absolute atomic E-state index is 0.0307. The Morgan fingerprint density at radius 2 is 2.04 bits per heavy atom. The summed E-state index contributed by atoms with van der Waals surface area (Å²) in [6, 6.07) is 13.5. The van der Waals surface area contributed by atoms with Gasteiger partial charge in [0.05, 0.1) is 12.5 Å². The van der Waals surface area contributed by atoms with E-state index in [1.165, 1.54) is 13.2 Å². The van der Waals surface area contributed by atoms with Gasteiger partial charge < -0.3 is 14.5 Å². The zero-order valence-corrected chi connectivity index (χ0v) is 14.3. The molecule has 1 N–H and O–H groups in total. The van der Waals surface area contributed by atoms with Crippen LogP contribution in [0.15, 0.2) is 57.7 Å². The first kappa shape index (κ1) is 17.0. The van der Waals surface area contributed by atoms with Crippen LogP contribution < -0.4 is 15.5 Å². The fraction of sp³-hybridized carbons (Fsp3) is 0.158. The van der Waals surface area contributed by atoms with Crippen LogP contribution in [0.25, 0.3) is 11.0 Å². The summed E-state index contributed by atoms with van der Waals surface area (Å²) in [5, 5.41) is 3.79. The minimum atomic E-state index is -0.441. The van der Waals surface area contributed by atoms with E-state index in [1.54, 1.807) is 24.3 Å². The molecule has 128 valence electrons. The van der Waals surface area contributed by atoms with E-state index in [2.05, 4.69) is 5.32 Å². The van der Waals surface area contributed by atoms with Crippen molar-refractivity contribution in [3.05, 3.63) is 75.1 Å². The first-order valence-corrected chi connectivity index (χ1v) is 8.09. The molecule has 5 nitrogen and oxygen atoms in total. The number of methoxy groups -OCH3 is 1. The molecule has 0 saturated carbocycles. The largest absolute Gasteiger partial charge is 0.497 e. The van der Waals surface area contributed by atoms with Gasteiger partial charge in [-0.25, -0.2) is 0 Å². The van der Waals surface area contributed by atoms with Gasteiger partial charge in [-0.15, -0.1) is 0 Å². The highest BCUT2D eigenvalue weighted by atomic mass is 35.5. The van der Waals surface area contributed by atoms with Gasteiger partial charge in [0.25, 0.3) is 5.91 Å². The molecule has 3 aromatic rings. The Bertz CT molecular complexity index is 981. The SMILES string of the molecule is COc1ccc2c(=O)cc(C(=O)NCCc3cccc(Cl)c3)oc2c1. The van der Waals surface area contributed by atoms with Crippen LogP contribution >= 0.6 is 11.6 Å². The molecule has 0 aliphatic carbocycles. The summed E-state index contributed by atoms with van der Waals surface area (Å²) in [4.78, 5) is 24.4. The van der Waals surface area contributed by atoms with Crippen LogP contribution in [0.5, 0.6) is 5.75 Å². The summed E-state index contributed by atoms with van der Waals surface area (Å²) in [5.41, 5.74) is 1.05. The van der Waals surface area contributed by atoms with Gasteiger partial charge in [0.1, 0.15) is 11.3 Å². The number of hydrogen-bond acceptors (Lipinski definition) is 4. The van der Waals surface area contributed by atoms with Crippen molar-refractivity contribution in [2.24, 2.45) is 0 Å². The molecule has 0 spiro atoms. The summed E-state index contributed by atoms with van der Waals surface area (Å²) in [6.45, 7) is 0.402. The quantitative estimate of drug-likeness (QED) is 0.759. The lowest BCUT2D eigenvalue weighted by molar-refractivity contribution is 0.0927. The standard InChI is InChI=1S/C19H16ClNO4/c1-24-14-5-6-15-16(22)11-18(25-17(15)10-14)19(23)21-8-7-12-3-2-4-13(20)9-12/h2-6,9-11H,7-8H2,1H3,(H,21,23). The molecule has 0 radical (unpaired) electrons. The summed E-state index contributed by atoms with van der Waals surface area (Å²) in [6.07, 6.45) is 0.623. The first-order chi connectivity index (χ1) is 12.1. The van der Waals surface area contributed by atoms with Crippen molar-refractivity contribution in [2.45, 2.75) is 6.42 Å². The maximum Gasteiger partial charge on any atom is 0.287 e. The van der Waals surface area contributed by atoms with Gasteiger partial charge in [-0.2, -0.15) is 0 Å². The van der Waals surface area contributed by atoms with Crippen molar-refractivity contribution in [3.63, 3.8) is 0 Å². The molecule has 0 bridgehead atoms. The van der Waals surface area contributed by atoms with Crippen LogP contribution in [-0.2, 0) is 6.42 Å². The lowest BCUT2D eigenvalue weighted by Crippen LogP contribution is -2.26. The van der Waals surface area contributed by atoms with Crippen LogP contribution in [0.3, 0.4) is 0 Å². The number of halogens is 1. The van der Waals surface area contributed by atoms with Crippen LogP contribution in [-0.4, -0.2) is 19.6 Å². The van der Waals surface area contributed by atoms with E-state index in [1.807, 2.05) is 18.2 Å². The molecule has 25 heavy (non-hydrogen) atoms. The van der Waals surface area contributed by atoms with E-state index in [-0.39, 0.29) is 11.2 Å². The average Bonchev–Trinajstić information content (AvgIpc) is 2.61. The van der Waals surface area contributed by atoms with Crippen LogP contribution in [0.2, 0.25) is 5.02 Å². The average molecular weight is 358 g/mol. The number of nitrogens with one attached hydrogen (secondary N) is 1. The number of hydrogen-bond donors (Lipinski definition) is 1. The predicted molar refractivity (Wildman–Crippen MR) is 96.5 cm³/mol. The van der Waals surface area contributed by atoms with Gasteiger partial charge in [-0.3, -0.25) is 9.59 Å². The van der Waals surface area contributed by atoms with Crippen molar-refractivity contribution in [2.75, 3.05) is 13.7 Å². The van der Waals surface area contributed by atoms with Crippen molar-refractivity contribution >= 4 is 28.5 Å². The Kier molecular flexibility index (Phi) is 5.05.